The second kappa shape index (κ2) is 6.53. The summed E-state index contributed by atoms with van der Waals surface area (Å²) in [4.78, 5) is 2.69. The Morgan fingerprint density at radius 1 is 1.21 bits per heavy atom. The van der Waals surface area contributed by atoms with Crippen LogP contribution in [0.5, 0.6) is 0 Å². The van der Waals surface area contributed by atoms with Gasteiger partial charge < -0.3 is 5.32 Å². The topological polar surface area (TPSA) is 15.3 Å². The second-order valence-corrected chi connectivity index (χ2v) is 6.14. The molecule has 1 aromatic carbocycles. The molecule has 0 aromatic heterocycles. The number of piperazine rings is 1. The zero-order valence-electron chi connectivity index (χ0n) is 12.8. The molecule has 106 valence electrons. The van der Waals surface area contributed by atoms with Crippen LogP contribution in [0.2, 0.25) is 0 Å². The molecule has 1 aromatic rings. The molecule has 2 nitrogen and oxygen atoms in total. The lowest BCUT2D eigenvalue weighted by Crippen LogP contribution is -2.56. The van der Waals surface area contributed by atoms with Gasteiger partial charge in [-0.3, -0.25) is 4.90 Å². The van der Waals surface area contributed by atoms with Crippen molar-refractivity contribution >= 4 is 0 Å². The van der Waals surface area contributed by atoms with E-state index in [-0.39, 0.29) is 0 Å². The Labute approximate surface area is 118 Å². The van der Waals surface area contributed by atoms with Crippen LogP contribution >= 0.6 is 0 Å². The normalized spacial score (nSPS) is 26.6. The van der Waals surface area contributed by atoms with Crippen molar-refractivity contribution in [2.45, 2.75) is 52.2 Å². The minimum absolute atomic E-state index is 0.520. The largest absolute Gasteiger partial charge is 0.311 e. The summed E-state index contributed by atoms with van der Waals surface area (Å²) < 4.78 is 0. The van der Waals surface area contributed by atoms with Gasteiger partial charge in [-0.2, -0.15) is 0 Å². The molecule has 2 rings (SSSR count). The van der Waals surface area contributed by atoms with E-state index in [1.165, 1.54) is 12.0 Å². The summed E-state index contributed by atoms with van der Waals surface area (Å²) >= 11 is 0. The predicted octanol–water partition coefficient (Wildman–Crippen LogP) is 3.46. The van der Waals surface area contributed by atoms with Gasteiger partial charge in [-0.15, -0.1) is 0 Å². The molecule has 1 heterocycles. The summed E-state index contributed by atoms with van der Waals surface area (Å²) in [6, 6.07) is 12.7. The van der Waals surface area contributed by atoms with E-state index in [9.17, 15) is 0 Å². The molecule has 1 N–H and O–H groups in total. The Kier molecular flexibility index (Phi) is 5.00. The molecule has 3 atom stereocenters. The lowest BCUT2D eigenvalue weighted by molar-refractivity contribution is 0.0740. The molecule has 1 aliphatic heterocycles. The zero-order valence-corrected chi connectivity index (χ0v) is 12.8. The Bertz CT molecular complexity index is 374. The van der Waals surface area contributed by atoms with Crippen LogP contribution in [0, 0.1) is 5.92 Å². The Balaban J connectivity index is 2.18. The van der Waals surface area contributed by atoms with Gasteiger partial charge >= 0.3 is 0 Å². The molecule has 0 radical (unpaired) electrons. The predicted molar refractivity (Wildman–Crippen MR) is 82.3 cm³/mol. The van der Waals surface area contributed by atoms with Gasteiger partial charge in [-0.25, -0.2) is 0 Å². The summed E-state index contributed by atoms with van der Waals surface area (Å²) in [7, 11) is 0. The maximum absolute atomic E-state index is 3.73. The highest BCUT2D eigenvalue weighted by atomic mass is 15.3. The van der Waals surface area contributed by atoms with Crippen molar-refractivity contribution in [1.29, 1.82) is 0 Å². The molecular weight excluding hydrogens is 232 g/mol. The molecule has 2 heteroatoms. The summed E-state index contributed by atoms with van der Waals surface area (Å²) in [6.45, 7) is 11.5. The molecule has 3 unspecified atom stereocenters. The Hall–Kier alpha value is -0.860. The van der Waals surface area contributed by atoms with Crippen LogP contribution in [0.1, 0.15) is 45.7 Å². The molecule has 1 saturated heterocycles. The Morgan fingerprint density at radius 2 is 1.89 bits per heavy atom. The lowest BCUT2D eigenvalue weighted by atomic mass is 9.94. The van der Waals surface area contributed by atoms with Gasteiger partial charge in [0.15, 0.2) is 0 Å². The van der Waals surface area contributed by atoms with Crippen LogP contribution < -0.4 is 5.32 Å². The molecule has 1 fully saturated rings. The van der Waals surface area contributed by atoms with Crippen molar-refractivity contribution in [3.05, 3.63) is 35.9 Å². The number of hydrogen-bond acceptors (Lipinski definition) is 2. The van der Waals surface area contributed by atoms with Crippen LogP contribution in [0.3, 0.4) is 0 Å². The number of rotatable bonds is 4. The average Bonchev–Trinajstić information content (AvgIpc) is 2.46. The van der Waals surface area contributed by atoms with Gasteiger partial charge in [0.2, 0.25) is 0 Å². The van der Waals surface area contributed by atoms with Gasteiger partial charge in [0.05, 0.1) is 0 Å². The van der Waals surface area contributed by atoms with Gasteiger partial charge in [0, 0.05) is 31.2 Å². The van der Waals surface area contributed by atoms with Crippen LogP contribution in [-0.4, -0.2) is 30.1 Å². The third-order valence-electron chi connectivity index (χ3n) is 4.53. The van der Waals surface area contributed by atoms with E-state index in [4.69, 9.17) is 0 Å². The van der Waals surface area contributed by atoms with Crippen molar-refractivity contribution in [3.8, 4) is 0 Å². The average molecular weight is 260 g/mol. The summed E-state index contributed by atoms with van der Waals surface area (Å²) in [5.74, 6) is 0.697. The van der Waals surface area contributed by atoms with Gasteiger partial charge in [0.1, 0.15) is 0 Å². The number of benzene rings is 1. The summed E-state index contributed by atoms with van der Waals surface area (Å²) in [5.41, 5.74) is 1.44. The lowest BCUT2D eigenvalue weighted by Gasteiger charge is -2.45. The number of nitrogens with one attached hydrogen (secondary N) is 1. The Morgan fingerprint density at radius 3 is 2.47 bits per heavy atom. The van der Waals surface area contributed by atoms with E-state index in [0.29, 0.717) is 24.0 Å². The fourth-order valence-corrected chi connectivity index (χ4v) is 2.95. The van der Waals surface area contributed by atoms with Gasteiger partial charge in [-0.1, -0.05) is 51.1 Å². The van der Waals surface area contributed by atoms with Crippen LogP contribution in [0.15, 0.2) is 30.3 Å². The first kappa shape index (κ1) is 14.5. The first-order chi connectivity index (χ1) is 9.13. The highest BCUT2D eigenvalue weighted by molar-refractivity contribution is 5.20. The van der Waals surface area contributed by atoms with E-state index < -0.39 is 0 Å². The van der Waals surface area contributed by atoms with Crippen LogP contribution in [0.4, 0.5) is 0 Å². The van der Waals surface area contributed by atoms with Crippen molar-refractivity contribution in [1.82, 2.24) is 10.2 Å². The summed E-state index contributed by atoms with van der Waals surface area (Å²) in [5, 5.41) is 3.73. The van der Waals surface area contributed by atoms with Crippen LogP contribution in [0.25, 0.3) is 0 Å². The SMILES string of the molecule is CCC(C)N1CC(C(C)C)NCC1c1ccccc1. The van der Waals surface area contributed by atoms with Crippen molar-refractivity contribution in [2.75, 3.05) is 13.1 Å². The van der Waals surface area contributed by atoms with E-state index in [1.54, 1.807) is 0 Å². The monoisotopic (exact) mass is 260 g/mol. The van der Waals surface area contributed by atoms with E-state index in [1.807, 2.05) is 0 Å². The molecule has 0 saturated carbocycles. The maximum atomic E-state index is 3.73. The first-order valence-corrected chi connectivity index (χ1v) is 7.67. The highest BCUT2D eigenvalue weighted by Crippen LogP contribution is 2.28. The molecule has 0 bridgehead atoms. The van der Waals surface area contributed by atoms with E-state index in [2.05, 4.69) is 68.2 Å². The molecule has 0 aliphatic carbocycles. The third-order valence-corrected chi connectivity index (χ3v) is 4.53. The highest BCUT2D eigenvalue weighted by Gasteiger charge is 2.32. The van der Waals surface area contributed by atoms with E-state index >= 15 is 0 Å². The fraction of sp³-hybridized carbons (Fsp3) is 0.647. The quantitative estimate of drug-likeness (QED) is 0.892. The number of nitrogens with zero attached hydrogens (tertiary/aromatic N) is 1. The second-order valence-electron chi connectivity index (χ2n) is 6.14. The van der Waals surface area contributed by atoms with Crippen LogP contribution in [-0.2, 0) is 0 Å². The third kappa shape index (κ3) is 3.37. The molecule has 0 spiro atoms. The minimum Gasteiger partial charge on any atom is -0.311 e. The van der Waals surface area contributed by atoms with Crippen molar-refractivity contribution < 1.29 is 0 Å². The maximum Gasteiger partial charge on any atom is 0.0476 e. The molecule has 1 aliphatic rings. The van der Waals surface area contributed by atoms with Gasteiger partial charge in [-0.05, 0) is 24.8 Å². The smallest absolute Gasteiger partial charge is 0.0476 e. The standard InChI is InChI=1S/C17H28N2/c1-5-14(4)19-12-16(13(2)3)18-11-17(19)15-9-7-6-8-10-15/h6-10,13-14,16-18H,5,11-12H2,1-4H3. The first-order valence-electron chi connectivity index (χ1n) is 7.67. The molecule has 0 amide bonds. The summed E-state index contributed by atoms with van der Waals surface area (Å²) in [6.07, 6.45) is 1.22. The minimum atomic E-state index is 0.520. The zero-order chi connectivity index (χ0) is 13.8. The van der Waals surface area contributed by atoms with Crippen molar-refractivity contribution in [3.63, 3.8) is 0 Å². The van der Waals surface area contributed by atoms with E-state index in [0.717, 1.165) is 13.1 Å². The molecule has 19 heavy (non-hydrogen) atoms. The fourth-order valence-electron chi connectivity index (χ4n) is 2.95. The van der Waals surface area contributed by atoms with Gasteiger partial charge in [0.25, 0.3) is 0 Å². The van der Waals surface area contributed by atoms with Crippen molar-refractivity contribution in [2.24, 2.45) is 5.92 Å². The number of hydrogen-bond donors (Lipinski definition) is 1. The molecular formula is C17H28N2.